The minimum absolute atomic E-state index is 0.0532. The number of rotatable bonds is 11. The highest BCUT2D eigenvalue weighted by Gasteiger charge is 2.61. The number of amides is 3. The largest absolute Gasteiger partial charge is 0.456 e. The van der Waals surface area contributed by atoms with Gasteiger partial charge < -0.3 is 29.3 Å². The van der Waals surface area contributed by atoms with Crippen molar-refractivity contribution in [3.8, 4) is 0 Å². The molecule has 0 spiro atoms. The average Bonchev–Trinajstić information content (AvgIpc) is 3.61. The van der Waals surface area contributed by atoms with Gasteiger partial charge in [0, 0.05) is 60.4 Å². The predicted molar refractivity (Wildman–Crippen MR) is 176 cm³/mol. The molecule has 0 radical (unpaired) electrons. The molecule has 0 bridgehead atoms. The van der Waals surface area contributed by atoms with Crippen molar-refractivity contribution < 1.29 is 43.6 Å². The Kier molecular flexibility index (Phi) is 9.54. The fraction of sp³-hybridized carbons (Fsp3) is 0.455. The third-order valence-electron chi connectivity index (χ3n) is 9.88. The van der Waals surface area contributed by atoms with E-state index >= 15 is 0 Å². The van der Waals surface area contributed by atoms with E-state index in [1.54, 1.807) is 16.8 Å². The van der Waals surface area contributed by atoms with Gasteiger partial charge in [-0.1, -0.05) is 6.92 Å². The Hall–Kier alpha value is -5.03. The van der Waals surface area contributed by atoms with Crippen LogP contribution in [0.5, 0.6) is 0 Å². The van der Waals surface area contributed by atoms with Crippen molar-refractivity contribution in [1.82, 2.24) is 14.7 Å². The number of nitrogens with zero attached hydrogens (tertiary/aromatic N) is 5. The smallest absolute Gasteiger partial charge is 0.410 e. The van der Waals surface area contributed by atoms with Crippen LogP contribution in [0.4, 0.5) is 16.2 Å². The molecule has 4 heterocycles. The Morgan fingerprint density at radius 2 is 1.52 bits per heavy atom. The molecule has 50 heavy (non-hydrogen) atoms. The lowest BCUT2D eigenvalue weighted by molar-refractivity contribution is -0.385. The Morgan fingerprint density at radius 3 is 2.02 bits per heavy atom. The van der Waals surface area contributed by atoms with E-state index in [0.29, 0.717) is 22.5 Å². The summed E-state index contributed by atoms with van der Waals surface area (Å²) < 4.78 is 11.2. The molecular formula is C33H35N5O11S. The van der Waals surface area contributed by atoms with Crippen LogP contribution in [0.1, 0.15) is 37.8 Å². The number of likely N-dealkylation sites (N-methyl/N-ethyl adjacent to an activating group) is 1. The highest BCUT2D eigenvalue weighted by molar-refractivity contribution is 8.03. The maximum Gasteiger partial charge on any atom is 0.410 e. The molecule has 0 aliphatic carbocycles. The molecule has 16 nitrogen and oxygen atoms in total. The number of likely N-dealkylation sites (tertiary alicyclic amines) is 2. The lowest BCUT2D eigenvalue weighted by Gasteiger charge is -2.46. The summed E-state index contributed by atoms with van der Waals surface area (Å²) in [6, 6.07) is 10.1. The van der Waals surface area contributed by atoms with Gasteiger partial charge in [0.05, 0.1) is 40.0 Å². The van der Waals surface area contributed by atoms with Crippen LogP contribution in [-0.4, -0.2) is 96.6 Å². The SMILES string of the molecule is C[C@@H](O)[C@H]1C(=O)N2C(C(=O)OCc3ccc([N+](=O)[O-])cc3)=C(S[C@H]3C[C@@H](C4CC(=O)N4C)N(C(=O)OCc4ccc([N+](=O)[O-])cc4)C3)[C@H](C)[C@H]12. The van der Waals surface area contributed by atoms with Gasteiger partial charge in [-0.25, -0.2) is 9.59 Å². The Morgan fingerprint density at radius 1 is 0.960 bits per heavy atom. The summed E-state index contributed by atoms with van der Waals surface area (Å²) in [7, 11) is 1.67. The first-order chi connectivity index (χ1) is 23.8. The van der Waals surface area contributed by atoms with Crippen molar-refractivity contribution in [2.45, 2.75) is 69.4 Å². The second kappa shape index (κ2) is 13.7. The van der Waals surface area contributed by atoms with Crippen molar-refractivity contribution in [3.63, 3.8) is 0 Å². The number of nitro groups is 2. The first-order valence-electron chi connectivity index (χ1n) is 16.0. The number of fused-ring (bicyclic) bond motifs is 1. The minimum atomic E-state index is -0.948. The van der Waals surface area contributed by atoms with Gasteiger partial charge in [0.15, 0.2) is 0 Å². The average molecular weight is 710 g/mol. The highest BCUT2D eigenvalue weighted by atomic mass is 32.2. The van der Waals surface area contributed by atoms with Crippen LogP contribution in [0.15, 0.2) is 59.1 Å². The van der Waals surface area contributed by atoms with Crippen LogP contribution in [0.25, 0.3) is 0 Å². The maximum absolute atomic E-state index is 13.7. The van der Waals surface area contributed by atoms with Crippen LogP contribution in [0.3, 0.4) is 0 Å². The highest BCUT2D eigenvalue weighted by Crippen LogP contribution is 2.53. The fourth-order valence-corrected chi connectivity index (χ4v) is 8.67. The molecule has 2 aromatic rings. The van der Waals surface area contributed by atoms with E-state index < -0.39 is 51.9 Å². The van der Waals surface area contributed by atoms with Gasteiger partial charge in [-0.3, -0.25) is 29.8 Å². The van der Waals surface area contributed by atoms with Gasteiger partial charge in [-0.05, 0) is 48.7 Å². The number of non-ortho nitro benzene ring substituents is 2. The second-order valence-electron chi connectivity index (χ2n) is 12.9. The molecule has 4 aliphatic rings. The number of ether oxygens (including phenoxy) is 2. The number of carbonyl (C=O) groups excluding carboxylic acids is 4. The number of benzene rings is 2. The number of thioether (sulfide) groups is 1. The molecule has 0 aromatic heterocycles. The number of β-lactam (4-membered cyclic amide) rings is 2. The van der Waals surface area contributed by atoms with E-state index in [0.717, 1.165) is 0 Å². The zero-order valence-corrected chi connectivity index (χ0v) is 28.2. The van der Waals surface area contributed by atoms with Crippen molar-refractivity contribution in [1.29, 1.82) is 0 Å². The molecule has 0 saturated carbocycles. The predicted octanol–water partition coefficient (Wildman–Crippen LogP) is 3.36. The Labute approximate surface area is 290 Å². The lowest BCUT2D eigenvalue weighted by Crippen LogP contribution is -2.63. The normalized spacial score (nSPS) is 26.3. The van der Waals surface area contributed by atoms with Crippen molar-refractivity contribution in [2.24, 2.45) is 11.8 Å². The van der Waals surface area contributed by atoms with Gasteiger partial charge in [-0.15, -0.1) is 11.8 Å². The van der Waals surface area contributed by atoms with Crippen LogP contribution in [-0.2, 0) is 37.1 Å². The molecule has 4 aliphatic heterocycles. The Bertz CT molecular complexity index is 1770. The van der Waals surface area contributed by atoms with Gasteiger partial charge in [0.2, 0.25) is 11.8 Å². The third kappa shape index (κ3) is 6.37. The van der Waals surface area contributed by atoms with Crippen molar-refractivity contribution in [2.75, 3.05) is 13.6 Å². The van der Waals surface area contributed by atoms with Crippen LogP contribution >= 0.6 is 11.8 Å². The molecule has 2 aromatic carbocycles. The Balaban J connectivity index is 1.21. The quantitative estimate of drug-likeness (QED) is 0.154. The molecule has 3 saturated heterocycles. The number of hydrogen-bond acceptors (Lipinski definition) is 12. The van der Waals surface area contributed by atoms with E-state index in [9.17, 15) is 44.5 Å². The maximum atomic E-state index is 13.7. The number of carbonyl (C=O) groups is 4. The monoisotopic (exact) mass is 709 g/mol. The summed E-state index contributed by atoms with van der Waals surface area (Å²) in [4.78, 5) is 78.7. The number of hydrogen-bond donors (Lipinski definition) is 1. The first-order valence-corrected chi connectivity index (χ1v) is 16.9. The fourth-order valence-electron chi connectivity index (χ4n) is 7.13. The molecule has 1 N–H and O–H groups in total. The van der Waals surface area contributed by atoms with E-state index in [4.69, 9.17) is 9.47 Å². The van der Waals surface area contributed by atoms with E-state index in [-0.39, 0.29) is 66.4 Å². The van der Waals surface area contributed by atoms with Crippen LogP contribution in [0, 0.1) is 32.1 Å². The molecule has 3 fully saturated rings. The summed E-state index contributed by atoms with van der Waals surface area (Å²) in [5, 5.41) is 32.2. The number of aliphatic hydroxyl groups is 1. The first kappa shape index (κ1) is 34.8. The van der Waals surface area contributed by atoms with Crippen molar-refractivity contribution >= 4 is 47.0 Å². The molecule has 6 rings (SSSR count). The molecule has 7 atom stereocenters. The van der Waals surface area contributed by atoms with Crippen LogP contribution in [0.2, 0.25) is 0 Å². The van der Waals surface area contributed by atoms with Crippen molar-refractivity contribution in [3.05, 3.63) is 90.5 Å². The van der Waals surface area contributed by atoms with Crippen LogP contribution < -0.4 is 0 Å². The zero-order chi connectivity index (χ0) is 36.0. The summed E-state index contributed by atoms with van der Waals surface area (Å²) in [6.45, 7) is 3.31. The molecule has 3 amide bonds. The van der Waals surface area contributed by atoms with Gasteiger partial charge >= 0.3 is 12.1 Å². The third-order valence-corrected chi connectivity index (χ3v) is 11.4. The van der Waals surface area contributed by atoms with E-state index in [1.165, 1.54) is 72.1 Å². The topological polar surface area (TPSA) is 203 Å². The second-order valence-corrected chi connectivity index (χ2v) is 14.3. The van der Waals surface area contributed by atoms with E-state index in [1.807, 2.05) is 6.92 Å². The van der Waals surface area contributed by atoms with Gasteiger partial charge in [-0.2, -0.15) is 0 Å². The zero-order valence-electron chi connectivity index (χ0n) is 27.4. The summed E-state index contributed by atoms with van der Waals surface area (Å²) in [5.74, 6) is -2.25. The molecule has 264 valence electrons. The summed E-state index contributed by atoms with van der Waals surface area (Å²) in [5.41, 5.74) is 0.946. The number of esters is 1. The van der Waals surface area contributed by atoms with E-state index in [2.05, 4.69) is 0 Å². The number of aliphatic hydroxyl groups excluding tert-OH is 1. The standard InChI is InChI=1S/C33H35N5O11S/c1-17-28-27(18(2)39)31(41)36(28)29(32(42)48-15-19-4-8-21(9-5-19)37(44)45)30(17)50-23-12-25(24-13-26(40)34(24)3)35(14-23)33(43)49-16-20-6-10-22(11-7-20)38(46)47/h4-11,17-18,23-25,27-28,39H,12-16H2,1-3H3/t17-,18-,23+,24?,25+,27-,28-/m1/s1. The van der Waals surface area contributed by atoms with Gasteiger partial charge in [0.1, 0.15) is 18.9 Å². The number of nitro benzene ring substituents is 2. The minimum Gasteiger partial charge on any atom is -0.456 e. The summed E-state index contributed by atoms with van der Waals surface area (Å²) in [6.07, 6.45) is -0.853. The van der Waals surface area contributed by atoms with Gasteiger partial charge in [0.25, 0.3) is 11.4 Å². The summed E-state index contributed by atoms with van der Waals surface area (Å²) >= 11 is 1.36. The molecule has 1 unspecified atom stereocenters. The molecule has 17 heteroatoms. The lowest BCUT2D eigenvalue weighted by atomic mass is 9.79. The molecular weight excluding hydrogens is 674 g/mol.